The highest BCUT2D eigenvalue weighted by molar-refractivity contribution is 14.1. The van der Waals surface area contributed by atoms with Gasteiger partial charge in [0.05, 0.1) is 5.52 Å². The first kappa shape index (κ1) is 7.72. The number of hydrogen-bond donors (Lipinski definition) is 2. The van der Waals surface area contributed by atoms with E-state index in [1.165, 1.54) is 6.07 Å². The van der Waals surface area contributed by atoms with Gasteiger partial charge in [0.2, 0.25) is 5.88 Å². The van der Waals surface area contributed by atoms with Gasteiger partial charge in [-0.15, -0.1) is 0 Å². The number of fused-ring (bicyclic) bond motifs is 1. The molecule has 0 aliphatic rings. The summed E-state index contributed by atoms with van der Waals surface area (Å²) in [7, 11) is 0. The van der Waals surface area contributed by atoms with Crippen molar-refractivity contribution in [2.75, 3.05) is 0 Å². The van der Waals surface area contributed by atoms with E-state index in [0.717, 1.165) is 13.7 Å². The third-order valence-electron chi connectivity index (χ3n) is 1.75. The number of benzene rings is 1. The average Bonchev–Trinajstić information content (AvgIpc) is 2.32. The van der Waals surface area contributed by atoms with Gasteiger partial charge in [0.15, 0.2) is 0 Å². The van der Waals surface area contributed by atoms with Gasteiger partial charge >= 0.3 is 0 Å². The molecule has 0 bridgehead atoms. The summed E-state index contributed by atoms with van der Waals surface area (Å²) in [6.45, 7) is 0. The van der Waals surface area contributed by atoms with Crippen LogP contribution < -0.4 is 0 Å². The molecule has 12 heavy (non-hydrogen) atoms. The number of rotatable bonds is 0. The fourth-order valence-electron chi connectivity index (χ4n) is 1.17. The first-order valence-corrected chi connectivity index (χ1v) is 4.46. The van der Waals surface area contributed by atoms with Crippen molar-refractivity contribution in [1.29, 1.82) is 0 Å². The highest BCUT2D eigenvalue weighted by Gasteiger charge is 2.07. The van der Waals surface area contributed by atoms with E-state index in [0.29, 0.717) is 5.52 Å². The lowest BCUT2D eigenvalue weighted by molar-refractivity contribution is 0.167. The first-order valence-electron chi connectivity index (χ1n) is 3.38. The van der Waals surface area contributed by atoms with Crippen LogP contribution in [0.4, 0.5) is 0 Å². The summed E-state index contributed by atoms with van der Waals surface area (Å²) in [5, 5.41) is 19.3. The van der Waals surface area contributed by atoms with E-state index in [1.54, 1.807) is 6.07 Å². The maximum absolute atomic E-state index is 9.29. The van der Waals surface area contributed by atoms with E-state index in [2.05, 4.69) is 22.6 Å². The largest absolute Gasteiger partial charge is 0.492 e. The molecule has 0 unspecified atom stereocenters. The van der Waals surface area contributed by atoms with Gasteiger partial charge in [-0.1, -0.05) is 6.07 Å². The first-order chi connectivity index (χ1) is 5.70. The quantitative estimate of drug-likeness (QED) is 0.572. The third-order valence-corrected chi connectivity index (χ3v) is 2.69. The van der Waals surface area contributed by atoms with Crippen molar-refractivity contribution in [3.05, 3.63) is 27.8 Å². The molecule has 1 heterocycles. The summed E-state index contributed by atoms with van der Waals surface area (Å²) in [6, 6.07) is 7.03. The smallest absolute Gasteiger partial charge is 0.225 e. The highest BCUT2D eigenvalue weighted by atomic mass is 127. The molecule has 2 N–H and O–H groups in total. The predicted molar refractivity (Wildman–Crippen MR) is 53.5 cm³/mol. The number of hydrogen-bond acceptors (Lipinski definition) is 2. The molecule has 1 aromatic heterocycles. The zero-order chi connectivity index (χ0) is 8.72. The Morgan fingerprint density at radius 1 is 1.33 bits per heavy atom. The Bertz CT molecular complexity index is 436. The van der Waals surface area contributed by atoms with Gasteiger partial charge in [0.25, 0.3) is 0 Å². The Kier molecular flexibility index (Phi) is 1.64. The van der Waals surface area contributed by atoms with Crippen molar-refractivity contribution in [3.63, 3.8) is 0 Å². The van der Waals surface area contributed by atoms with Crippen LogP contribution in [0.25, 0.3) is 10.9 Å². The normalized spacial score (nSPS) is 10.8. The molecule has 4 heteroatoms. The van der Waals surface area contributed by atoms with E-state index in [9.17, 15) is 10.3 Å². The van der Waals surface area contributed by atoms with E-state index < -0.39 is 0 Å². The zero-order valence-corrected chi connectivity index (χ0v) is 8.19. The molecule has 0 aliphatic carbocycles. The SMILES string of the molecule is Oc1cc2c(I)cccc2n1O. The van der Waals surface area contributed by atoms with E-state index >= 15 is 0 Å². The van der Waals surface area contributed by atoms with Crippen molar-refractivity contribution in [3.8, 4) is 5.88 Å². The van der Waals surface area contributed by atoms with Gasteiger partial charge in [-0.05, 0) is 34.7 Å². The third kappa shape index (κ3) is 0.945. The van der Waals surface area contributed by atoms with Crippen molar-refractivity contribution in [1.82, 2.24) is 4.73 Å². The Balaban J connectivity index is 2.95. The van der Waals surface area contributed by atoms with Gasteiger partial charge in [-0.2, -0.15) is 4.73 Å². The standard InChI is InChI=1S/C8H6INO2/c9-6-2-1-3-7-5(6)4-8(11)10(7)12/h1-4,11-12H. The maximum atomic E-state index is 9.29. The van der Waals surface area contributed by atoms with Crippen LogP contribution in [0.5, 0.6) is 5.88 Å². The number of nitrogens with zero attached hydrogens (tertiary/aromatic N) is 1. The minimum absolute atomic E-state index is 0.130. The van der Waals surface area contributed by atoms with Crippen molar-refractivity contribution < 1.29 is 10.3 Å². The molecule has 62 valence electrons. The summed E-state index contributed by atoms with van der Waals surface area (Å²) in [5.41, 5.74) is 0.624. The van der Waals surface area contributed by atoms with Crippen LogP contribution >= 0.6 is 22.6 Å². The molecule has 2 rings (SSSR count). The lowest BCUT2D eigenvalue weighted by atomic mass is 10.2. The number of aromatic hydroxyl groups is 1. The Labute approximate surface area is 82.3 Å². The highest BCUT2D eigenvalue weighted by Crippen LogP contribution is 2.26. The lowest BCUT2D eigenvalue weighted by Gasteiger charge is -1.95. The molecule has 0 fully saturated rings. The van der Waals surface area contributed by atoms with Crippen LogP contribution in [-0.4, -0.2) is 15.0 Å². The molecule has 0 radical (unpaired) electrons. The van der Waals surface area contributed by atoms with Crippen molar-refractivity contribution in [2.24, 2.45) is 0 Å². The average molecular weight is 275 g/mol. The van der Waals surface area contributed by atoms with Crippen LogP contribution in [0.2, 0.25) is 0 Å². The fourth-order valence-corrected chi connectivity index (χ4v) is 1.81. The number of aromatic nitrogens is 1. The van der Waals surface area contributed by atoms with Gasteiger partial charge < -0.3 is 10.3 Å². The van der Waals surface area contributed by atoms with E-state index in [-0.39, 0.29) is 5.88 Å². The van der Waals surface area contributed by atoms with E-state index in [1.807, 2.05) is 12.1 Å². The molecule has 2 aromatic rings. The summed E-state index contributed by atoms with van der Waals surface area (Å²) in [4.78, 5) is 0. The molecule has 0 amide bonds. The summed E-state index contributed by atoms with van der Waals surface area (Å²) >= 11 is 2.15. The topological polar surface area (TPSA) is 45.4 Å². The summed E-state index contributed by atoms with van der Waals surface area (Å²) in [5.74, 6) is -0.130. The Morgan fingerprint density at radius 2 is 2.08 bits per heavy atom. The minimum atomic E-state index is -0.130. The second-order valence-corrected chi connectivity index (χ2v) is 3.65. The molecule has 0 saturated heterocycles. The Hall–Kier alpha value is -0.910. The molecule has 1 aromatic carbocycles. The van der Waals surface area contributed by atoms with E-state index in [4.69, 9.17) is 0 Å². The Morgan fingerprint density at radius 3 is 2.75 bits per heavy atom. The van der Waals surface area contributed by atoms with Gasteiger partial charge in [0.1, 0.15) is 0 Å². The summed E-state index contributed by atoms with van der Waals surface area (Å²) < 4.78 is 1.78. The van der Waals surface area contributed by atoms with Crippen molar-refractivity contribution >= 4 is 33.5 Å². The van der Waals surface area contributed by atoms with Crippen LogP contribution in [0.1, 0.15) is 0 Å². The maximum Gasteiger partial charge on any atom is 0.225 e. The van der Waals surface area contributed by atoms with Gasteiger partial charge in [-0.25, -0.2) is 0 Å². The van der Waals surface area contributed by atoms with Crippen LogP contribution in [-0.2, 0) is 0 Å². The van der Waals surface area contributed by atoms with Gasteiger partial charge in [-0.3, -0.25) is 0 Å². The molecular formula is C8H6INO2. The second-order valence-electron chi connectivity index (χ2n) is 2.49. The second kappa shape index (κ2) is 2.55. The van der Waals surface area contributed by atoms with Crippen LogP contribution in [0, 0.1) is 3.57 Å². The van der Waals surface area contributed by atoms with Crippen LogP contribution in [0.15, 0.2) is 24.3 Å². The van der Waals surface area contributed by atoms with Gasteiger partial charge in [0, 0.05) is 15.0 Å². The minimum Gasteiger partial charge on any atom is -0.492 e. The monoisotopic (exact) mass is 275 g/mol. The fraction of sp³-hybridized carbons (Fsp3) is 0. The lowest BCUT2D eigenvalue weighted by Crippen LogP contribution is -1.87. The molecule has 0 spiro atoms. The van der Waals surface area contributed by atoms with Crippen molar-refractivity contribution in [2.45, 2.75) is 0 Å². The molecule has 0 aliphatic heterocycles. The molecular weight excluding hydrogens is 269 g/mol. The molecule has 0 atom stereocenters. The van der Waals surface area contributed by atoms with Crippen LogP contribution in [0.3, 0.4) is 0 Å². The predicted octanol–water partition coefficient (Wildman–Crippen LogP) is 2.19. The molecule has 0 saturated carbocycles. The zero-order valence-electron chi connectivity index (χ0n) is 6.03. The number of halogens is 1. The molecule has 3 nitrogen and oxygen atoms in total. The summed E-state index contributed by atoms with van der Waals surface area (Å²) in [6.07, 6.45) is 0.